The van der Waals surface area contributed by atoms with Crippen LogP contribution in [0.4, 0.5) is 4.39 Å². The lowest BCUT2D eigenvalue weighted by Gasteiger charge is -2.56. The van der Waals surface area contributed by atoms with E-state index in [1.807, 2.05) is 13.0 Å². The molecule has 0 N–H and O–H groups in total. The van der Waals surface area contributed by atoms with Crippen LogP contribution in [0.2, 0.25) is 0 Å². The lowest BCUT2D eigenvalue weighted by molar-refractivity contribution is -0.133. The van der Waals surface area contributed by atoms with Crippen LogP contribution in [0.5, 0.6) is 0 Å². The van der Waals surface area contributed by atoms with Gasteiger partial charge in [0.15, 0.2) is 11.9 Å². The minimum absolute atomic E-state index is 0.0699. The van der Waals surface area contributed by atoms with E-state index in [1.165, 1.54) is 0 Å². The molecule has 1 heterocycles. The van der Waals surface area contributed by atoms with Crippen LogP contribution in [0.3, 0.4) is 0 Å². The second-order valence-electron chi connectivity index (χ2n) is 8.89. The summed E-state index contributed by atoms with van der Waals surface area (Å²) < 4.78 is 21.2. The normalized spacial score (nSPS) is 58.0. The molecule has 1 saturated heterocycles. The van der Waals surface area contributed by atoms with E-state index in [-0.39, 0.29) is 34.5 Å². The Kier molecular flexibility index (Phi) is 2.56. The summed E-state index contributed by atoms with van der Waals surface area (Å²) in [5, 5.41) is 0. The number of fused-ring (bicyclic) bond motifs is 4. The van der Waals surface area contributed by atoms with Gasteiger partial charge in [-0.3, -0.25) is 9.59 Å². The molecule has 0 radical (unpaired) electrons. The molecule has 3 saturated carbocycles. The molecule has 3 nitrogen and oxygen atoms in total. The molecule has 2 unspecified atom stereocenters. The van der Waals surface area contributed by atoms with Gasteiger partial charge in [0.2, 0.25) is 0 Å². The number of ketones is 2. The number of alkyl halides is 1. The summed E-state index contributed by atoms with van der Waals surface area (Å²) in [5.74, 6) is 0.654. The number of carbonyl (C=O) groups excluding carboxylic acids is 2. The Balaban J connectivity index is 1.63. The fourth-order valence-electron chi connectivity index (χ4n) is 6.65. The summed E-state index contributed by atoms with van der Waals surface area (Å²) in [6.45, 7) is 7.77. The molecule has 4 fully saturated rings. The molecule has 0 bridgehead atoms. The van der Waals surface area contributed by atoms with Gasteiger partial charge in [-0.1, -0.05) is 32.6 Å². The molecule has 0 aromatic rings. The molecule has 1 aliphatic heterocycles. The molecule has 1 spiro atoms. The topological polar surface area (TPSA) is 46.7 Å². The quantitative estimate of drug-likeness (QED) is 0.389. The van der Waals surface area contributed by atoms with Crippen LogP contribution in [-0.4, -0.2) is 29.4 Å². The number of carbonyl (C=O) groups is 2. The van der Waals surface area contributed by atoms with Crippen molar-refractivity contribution < 1.29 is 18.7 Å². The van der Waals surface area contributed by atoms with Crippen molar-refractivity contribution in [1.82, 2.24) is 0 Å². The third-order valence-corrected chi connectivity index (χ3v) is 8.25. The number of ether oxygens (including phenoxy) is 1. The fraction of sp³-hybridized carbons (Fsp3) is 0.700. The lowest BCUT2D eigenvalue weighted by Crippen LogP contribution is -2.61. The van der Waals surface area contributed by atoms with Crippen molar-refractivity contribution in [1.29, 1.82) is 0 Å². The molecule has 128 valence electrons. The zero-order chi connectivity index (χ0) is 17.1. The maximum atomic E-state index is 15.4. The van der Waals surface area contributed by atoms with Crippen molar-refractivity contribution in [3.05, 3.63) is 24.3 Å². The van der Waals surface area contributed by atoms with E-state index in [4.69, 9.17) is 4.74 Å². The van der Waals surface area contributed by atoms with E-state index in [9.17, 15) is 9.59 Å². The lowest BCUT2D eigenvalue weighted by atomic mass is 9.46. The summed E-state index contributed by atoms with van der Waals surface area (Å²) in [7, 11) is 0. The van der Waals surface area contributed by atoms with Gasteiger partial charge in [0.1, 0.15) is 17.6 Å². The molecule has 0 aromatic carbocycles. The van der Waals surface area contributed by atoms with E-state index < -0.39 is 23.3 Å². The van der Waals surface area contributed by atoms with Crippen molar-refractivity contribution in [3.8, 4) is 0 Å². The zero-order valence-electron chi connectivity index (χ0n) is 14.2. The summed E-state index contributed by atoms with van der Waals surface area (Å²) in [4.78, 5) is 24.7. The van der Waals surface area contributed by atoms with Crippen molar-refractivity contribution in [2.75, 3.05) is 0 Å². The van der Waals surface area contributed by atoms with Crippen molar-refractivity contribution in [3.63, 3.8) is 0 Å². The van der Waals surface area contributed by atoms with Gasteiger partial charge in [0.25, 0.3) is 0 Å². The van der Waals surface area contributed by atoms with Crippen LogP contribution < -0.4 is 0 Å². The van der Waals surface area contributed by atoms with E-state index in [0.29, 0.717) is 12.2 Å². The van der Waals surface area contributed by atoms with Crippen molar-refractivity contribution in [2.45, 2.75) is 57.4 Å². The van der Waals surface area contributed by atoms with E-state index >= 15 is 4.39 Å². The van der Waals surface area contributed by atoms with Crippen LogP contribution >= 0.6 is 0 Å². The van der Waals surface area contributed by atoms with Gasteiger partial charge in [-0.2, -0.15) is 0 Å². The fourth-order valence-corrected chi connectivity index (χ4v) is 6.65. The number of Topliss-reactive ketones (excluding diaryl/α,β-unsaturated/α-hetero) is 2. The standard InChI is InChI=1S/C20H23FO3/c1-10-15(23)17-20(24-17)9-6-11-12-4-5-14(22)18(12,2)8-7-13(11)19(20,3)16(10)21/h6,9,11-13,16-17H,1,4-5,7-8H2,2-3H3/t11-,12-,13-,16+,17?,18-,19-,20?/m0/s1. The Morgan fingerprint density at radius 1 is 1.25 bits per heavy atom. The second-order valence-corrected chi connectivity index (χ2v) is 8.89. The van der Waals surface area contributed by atoms with Crippen LogP contribution in [-0.2, 0) is 14.3 Å². The number of allylic oxidation sites excluding steroid dienone is 1. The molecule has 0 amide bonds. The first-order valence-electron chi connectivity index (χ1n) is 9.05. The van der Waals surface area contributed by atoms with Crippen molar-refractivity contribution in [2.24, 2.45) is 28.6 Å². The average molecular weight is 330 g/mol. The zero-order valence-corrected chi connectivity index (χ0v) is 14.2. The minimum atomic E-state index is -1.37. The molecule has 4 aliphatic carbocycles. The Bertz CT molecular complexity index is 726. The Hall–Kier alpha value is -1.29. The number of rotatable bonds is 0. The maximum absolute atomic E-state index is 15.4. The van der Waals surface area contributed by atoms with Crippen LogP contribution in [0.15, 0.2) is 24.3 Å². The first kappa shape index (κ1) is 15.0. The SMILES string of the molecule is C=C1C(=O)C2OC23C=C[C@@H]2[C@H](CC[C@]4(C)C(=O)CC[C@@H]24)[C@@]3(C)[C@@H]1F. The highest BCUT2D eigenvalue weighted by Gasteiger charge is 2.79. The predicted octanol–water partition coefficient (Wildman–Crippen LogP) is 3.19. The number of epoxide rings is 1. The molecule has 5 aliphatic rings. The average Bonchev–Trinajstić information content (AvgIpc) is 3.22. The number of hydrogen-bond donors (Lipinski definition) is 0. The highest BCUT2D eigenvalue weighted by atomic mass is 19.1. The van der Waals surface area contributed by atoms with Crippen LogP contribution in [0, 0.1) is 28.6 Å². The van der Waals surface area contributed by atoms with Crippen LogP contribution in [0.25, 0.3) is 0 Å². The highest BCUT2D eigenvalue weighted by molar-refractivity contribution is 6.04. The number of hydrogen-bond acceptors (Lipinski definition) is 3. The summed E-state index contributed by atoms with van der Waals surface area (Å²) in [5.41, 5.74) is -1.73. The summed E-state index contributed by atoms with van der Waals surface area (Å²) >= 11 is 0. The first-order chi connectivity index (χ1) is 11.3. The van der Waals surface area contributed by atoms with E-state index in [1.54, 1.807) is 0 Å². The van der Waals surface area contributed by atoms with Gasteiger partial charge in [0.05, 0.1) is 0 Å². The van der Waals surface area contributed by atoms with Gasteiger partial charge in [0, 0.05) is 22.8 Å². The third-order valence-electron chi connectivity index (χ3n) is 8.25. The minimum Gasteiger partial charge on any atom is -0.352 e. The van der Waals surface area contributed by atoms with Gasteiger partial charge in [-0.15, -0.1) is 0 Å². The van der Waals surface area contributed by atoms with Gasteiger partial charge < -0.3 is 4.74 Å². The summed E-state index contributed by atoms with van der Waals surface area (Å²) in [6, 6.07) is 0. The van der Waals surface area contributed by atoms with Crippen LogP contribution in [0.1, 0.15) is 39.5 Å². The van der Waals surface area contributed by atoms with E-state index in [2.05, 4.69) is 19.6 Å². The summed E-state index contributed by atoms with van der Waals surface area (Å²) in [6.07, 6.45) is 5.32. The highest BCUT2D eigenvalue weighted by Crippen LogP contribution is 2.70. The number of halogens is 1. The second kappa shape index (κ2) is 4.09. The smallest absolute Gasteiger partial charge is 0.193 e. The van der Waals surface area contributed by atoms with Crippen molar-refractivity contribution >= 4 is 11.6 Å². The molecular weight excluding hydrogens is 307 g/mol. The monoisotopic (exact) mass is 330 g/mol. The Morgan fingerprint density at radius 3 is 2.75 bits per heavy atom. The Labute approximate surface area is 141 Å². The molecule has 4 heteroatoms. The van der Waals surface area contributed by atoms with Gasteiger partial charge in [-0.25, -0.2) is 4.39 Å². The molecule has 24 heavy (non-hydrogen) atoms. The first-order valence-corrected chi connectivity index (χ1v) is 9.05. The third kappa shape index (κ3) is 1.33. The maximum Gasteiger partial charge on any atom is 0.193 e. The largest absolute Gasteiger partial charge is 0.352 e. The van der Waals surface area contributed by atoms with Gasteiger partial charge in [-0.05, 0) is 37.0 Å². The molecule has 8 atom stereocenters. The van der Waals surface area contributed by atoms with Gasteiger partial charge >= 0.3 is 0 Å². The van der Waals surface area contributed by atoms with E-state index in [0.717, 1.165) is 19.3 Å². The molecular formula is C20H23FO3. The predicted molar refractivity (Wildman–Crippen MR) is 85.9 cm³/mol. The molecule has 0 aromatic heterocycles. The Morgan fingerprint density at radius 2 is 2.00 bits per heavy atom. The molecule has 5 rings (SSSR count).